The van der Waals surface area contributed by atoms with Gasteiger partial charge in [-0.1, -0.05) is 6.07 Å². The van der Waals surface area contributed by atoms with Crippen LogP contribution in [-0.2, 0) is 6.54 Å². The molecule has 0 bridgehead atoms. The Bertz CT molecular complexity index is 805. The number of hydrogen-bond donors (Lipinski definition) is 0. The number of rotatable bonds is 5. The van der Waals surface area contributed by atoms with E-state index >= 15 is 0 Å². The third kappa shape index (κ3) is 3.96. The lowest BCUT2D eigenvalue weighted by Gasteiger charge is -2.31. The summed E-state index contributed by atoms with van der Waals surface area (Å²) in [6.45, 7) is 5.78. The fraction of sp³-hybridized carbons (Fsp3) is 0.421. The van der Waals surface area contributed by atoms with Gasteiger partial charge in [0.15, 0.2) is 0 Å². The number of pyridine rings is 1. The monoisotopic (exact) mass is 337 g/mol. The Morgan fingerprint density at radius 3 is 2.88 bits per heavy atom. The minimum atomic E-state index is 0.590. The molecule has 6 heteroatoms. The third-order valence-electron chi connectivity index (χ3n) is 4.75. The summed E-state index contributed by atoms with van der Waals surface area (Å²) in [5.74, 6) is 1.27. The Kier molecular flexibility index (Phi) is 4.61. The van der Waals surface area contributed by atoms with Gasteiger partial charge in [0.25, 0.3) is 0 Å². The van der Waals surface area contributed by atoms with Crippen molar-refractivity contribution >= 4 is 5.65 Å². The normalized spacial score (nSPS) is 16.4. The van der Waals surface area contributed by atoms with Crippen LogP contribution in [0.15, 0.2) is 43.0 Å². The maximum absolute atomic E-state index is 5.83. The van der Waals surface area contributed by atoms with Crippen LogP contribution >= 0.6 is 0 Å². The minimum absolute atomic E-state index is 0.590. The number of aryl methyl sites for hydroxylation is 1. The Morgan fingerprint density at radius 2 is 2.08 bits per heavy atom. The van der Waals surface area contributed by atoms with E-state index in [-0.39, 0.29) is 0 Å². The molecule has 0 aromatic carbocycles. The fourth-order valence-corrected chi connectivity index (χ4v) is 3.32. The van der Waals surface area contributed by atoms with Crippen LogP contribution in [0.1, 0.15) is 24.2 Å². The SMILES string of the molecule is Cc1cc(OCC2CCN(Cc3cn4ccccc4n3)CC2)ncn1. The molecule has 25 heavy (non-hydrogen) atoms. The summed E-state index contributed by atoms with van der Waals surface area (Å²) in [6.07, 6.45) is 8.03. The van der Waals surface area contributed by atoms with Gasteiger partial charge in [0.2, 0.25) is 5.88 Å². The van der Waals surface area contributed by atoms with Crippen molar-refractivity contribution in [3.8, 4) is 5.88 Å². The molecule has 0 saturated carbocycles. The van der Waals surface area contributed by atoms with E-state index in [0.29, 0.717) is 11.8 Å². The van der Waals surface area contributed by atoms with Crippen molar-refractivity contribution < 1.29 is 4.74 Å². The van der Waals surface area contributed by atoms with Crippen LogP contribution in [0.4, 0.5) is 0 Å². The highest BCUT2D eigenvalue weighted by atomic mass is 16.5. The highest BCUT2D eigenvalue weighted by Crippen LogP contribution is 2.20. The van der Waals surface area contributed by atoms with E-state index in [9.17, 15) is 0 Å². The molecular weight excluding hydrogens is 314 g/mol. The van der Waals surface area contributed by atoms with E-state index < -0.39 is 0 Å². The molecule has 4 rings (SSSR count). The summed E-state index contributed by atoms with van der Waals surface area (Å²) in [6, 6.07) is 7.99. The predicted molar refractivity (Wildman–Crippen MR) is 95.5 cm³/mol. The Balaban J connectivity index is 1.26. The van der Waals surface area contributed by atoms with Gasteiger partial charge in [0.1, 0.15) is 12.0 Å². The van der Waals surface area contributed by atoms with Gasteiger partial charge in [0.05, 0.1) is 12.3 Å². The molecule has 1 saturated heterocycles. The van der Waals surface area contributed by atoms with Crippen molar-refractivity contribution in [1.82, 2.24) is 24.3 Å². The zero-order valence-corrected chi connectivity index (χ0v) is 14.5. The van der Waals surface area contributed by atoms with Crippen LogP contribution in [0.25, 0.3) is 5.65 Å². The molecule has 1 aliphatic rings. The largest absolute Gasteiger partial charge is 0.477 e. The number of nitrogens with zero attached hydrogens (tertiary/aromatic N) is 5. The van der Waals surface area contributed by atoms with E-state index in [2.05, 4.69) is 25.5 Å². The van der Waals surface area contributed by atoms with Crippen LogP contribution in [0.3, 0.4) is 0 Å². The third-order valence-corrected chi connectivity index (χ3v) is 4.75. The number of piperidine rings is 1. The first-order valence-corrected chi connectivity index (χ1v) is 8.83. The number of imidazole rings is 1. The smallest absolute Gasteiger partial charge is 0.216 e. The Hall–Kier alpha value is -2.47. The number of likely N-dealkylation sites (tertiary alicyclic amines) is 1. The molecule has 1 fully saturated rings. The molecule has 0 aliphatic carbocycles. The molecular formula is C19H23N5O. The minimum Gasteiger partial charge on any atom is -0.477 e. The molecule has 3 aromatic rings. The molecule has 0 radical (unpaired) electrons. The lowest BCUT2D eigenvalue weighted by atomic mass is 9.98. The number of aromatic nitrogens is 4. The van der Waals surface area contributed by atoms with Gasteiger partial charge < -0.3 is 9.14 Å². The Morgan fingerprint density at radius 1 is 1.20 bits per heavy atom. The van der Waals surface area contributed by atoms with Gasteiger partial charge >= 0.3 is 0 Å². The quantitative estimate of drug-likeness (QED) is 0.716. The van der Waals surface area contributed by atoms with Crippen LogP contribution in [0, 0.1) is 12.8 Å². The summed E-state index contributed by atoms with van der Waals surface area (Å²) >= 11 is 0. The second kappa shape index (κ2) is 7.19. The second-order valence-electron chi connectivity index (χ2n) is 6.73. The topological polar surface area (TPSA) is 55.6 Å². The van der Waals surface area contributed by atoms with E-state index in [1.165, 1.54) is 0 Å². The highest BCUT2D eigenvalue weighted by Gasteiger charge is 2.20. The van der Waals surface area contributed by atoms with E-state index in [1.807, 2.05) is 37.4 Å². The molecule has 6 nitrogen and oxygen atoms in total. The van der Waals surface area contributed by atoms with Crippen LogP contribution in [-0.4, -0.2) is 43.9 Å². The average molecular weight is 337 g/mol. The van der Waals surface area contributed by atoms with Gasteiger partial charge in [-0.2, -0.15) is 0 Å². The molecule has 3 aromatic heterocycles. The molecule has 0 N–H and O–H groups in total. The Labute approximate surface area is 147 Å². The molecule has 1 aliphatic heterocycles. The first kappa shape index (κ1) is 16.0. The average Bonchev–Trinajstić information content (AvgIpc) is 3.03. The first-order valence-electron chi connectivity index (χ1n) is 8.83. The number of ether oxygens (including phenoxy) is 1. The number of hydrogen-bond acceptors (Lipinski definition) is 5. The van der Waals surface area contributed by atoms with Crippen molar-refractivity contribution in [2.24, 2.45) is 5.92 Å². The van der Waals surface area contributed by atoms with Gasteiger partial charge in [-0.3, -0.25) is 4.90 Å². The number of fused-ring (bicyclic) bond motifs is 1. The summed E-state index contributed by atoms with van der Waals surface area (Å²) in [5, 5.41) is 0. The lowest BCUT2D eigenvalue weighted by Crippen LogP contribution is -2.35. The van der Waals surface area contributed by atoms with Crippen LogP contribution < -0.4 is 4.74 Å². The zero-order chi connectivity index (χ0) is 17.1. The molecule has 130 valence electrons. The fourth-order valence-electron chi connectivity index (χ4n) is 3.32. The van der Waals surface area contributed by atoms with Gasteiger partial charge in [0, 0.05) is 30.7 Å². The summed E-state index contributed by atoms with van der Waals surface area (Å²) < 4.78 is 7.92. The standard InChI is InChI=1S/C19H23N5O/c1-15-10-19(21-14-20-15)25-13-16-5-8-23(9-6-16)11-17-12-24-7-3-2-4-18(24)22-17/h2-4,7,10,12,14,16H,5-6,8-9,11,13H2,1H3. The maximum Gasteiger partial charge on any atom is 0.216 e. The maximum atomic E-state index is 5.83. The molecule has 0 unspecified atom stereocenters. The second-order valence-corrected chi connectivity index (χ2v) is 6.73. The van der Waals surface area contributed by atoms with Crippen molar-refractivity contribution in [2.75, 3.05) is 19.7 Å². The first-order chi connectivity index (χ1) is 12.3. The van der Waals surface area contributed by atoms with Crippen molar-refractivity contribution in [3.63, 3.8) is 0 Å². The van der Waals surface area contributed by atoms with Gasteiger partial charge in [-0.25, -0.2) is 15.0 Å². The van der Waals surface area contributed by atoms with Crippen molar-refractivity contribution in [1.29, 1.82) is 0 Å². The zero-order valence-electron chi connectivity index (χ0n) is 14.5. The highest BCUT2D eigenvalue weighted by molar-refractivity contribution is 5.39. The van der Waals surface area contributed by atoms with E-state index in [4.69, 9.17) is 9.72 Å². The molecule has 0 spiro atoms. The molecule has 0 amide bonds. The van der Waals surface area contributed by atoms with Crippen LogP contribution in [0.2, 0.25) is 0 Å². The summed E-state index contributed by atoms with van der Waals surface area (Å²) in [4.78, 5) is 15.4. The van der Waals surface area contributed by atoms with Crippen molar-refractivity contribution in [2.45, 2.75) is 26.3 Å². The molecule has 0 atom stereocenters. The van der Waals surface area contributed by atoms with Crippen molar-refractivity contribution in [3.05, 3.63) is 54.4 Å². The van der Waals surface area contributed by atoms with E-state index in [1.54, 1.807) is 6.33 Å². The lowest BCUT2D eigenvalue weighted by molar-refractivity contribution is 0.133. The van der Waals surface area contributed by atoms with E-state index in [0.717, 1.165) is 56.1 Å². The summed E-state index contributed by atoms with van der Waals surface area (Å²) in [5.41, 5.74) is 3.09. The molecule has 4 heterocycles. The van der Waals surface area contributed by atoms with Crippen LogP contribution in [0.5, 0.6) is 5.88 Å². The summed E-state index contributed by atoms with van der Waals surface area (Å²) in [7, 11) is 0. The predicted octanol–water partition coefficient (Wildman–Crippen LogP) is 2.72. The van der Waals surface area contributed by atoms with Gasteiger partial charge in [-0.15, -0.1) is 0 Å². The van der Waals surface area contributed by atoms with Gasteiger partial charge in [-0.05, 0) is 50.9 Å².